The first-order valence-electron chi connectivity index (χ1n) is 10.4. The molecule has 3 heterocycles. The Hall–Kier alpha value is -3.34. The van der Waals surface area contributed by atoms with Crippen LogP contribution in [0.25, 0.3) is 0 Å². The molecule has 30 heavy (non-hydrogen) atoms. The van der Waals surface area contributed by atoms with E-state index in [4.69, 9.17) is 9.47 Å². The Morgan fingerprint density at radius 3 is 2.20 bits per heavy atom. The summed E-state index contributed by atoms with van der Waals surface area (Å²) in [6, 6.07) is 19.6. The smallest absolute Gasteiger partial charge is 0.234 e. The minimum Gasteiger partial charge on any atom is -0.489 e. The standard InChI is InChI=1S/C25H24N2O3/c1-17-10-11-19(16-26-17)29-18-12-14-27(15-13-18)25(28)24-20-6-2-4-8-22(20)30-23-9-5-3-7-21(23)24/h2-11,16,18,24H,12-15H2,1H3. The molecule has 5 nitrogen and oxygen atoms in total. The van der Waals surface area contributed by atoms with Crippen molar-refractivity contribution in [3.8, 4) is 17.2 Å². The first-order chi connectivity index (χ1) is 14.7. The number of aromatic nitrogens is 1. The number of benzene rings is 2. The van der Waals surface area contributed by atoms with Crippen LogP contribution in [0.5, 0.6) is 17.2 Å². The largest absolute Gasteiger partial charge is 0.489 e. The first-order valence-corrected chi connectivity index (χ1v) is 10.4. The van der Waals surface area contributed by atoms with Crippen LogP contribution >= 0.6 is 0 Å². The number of likely N-dealkylation sites (tertiary alicyclic amines) is 1. The maximum absolute atomic E-state index is 13.6. The van der Waals surface area contributed by atoms with Crippen molar-refractivity contribution in [2.75, 3.05) is 13.1 Å². The minimum absolute atomic E-state index is 0.104. The molecule has 0 radical (unpaired) electrons. The van der Waals surface area contributed by atoms with E-state index in [1.165, 1.54) is 0 Å². The lowest BCUT2D eigenvalue weighted by atomic mass is 9.86. The molecule has 5 heteroatoms. The Labute approximate surface area is 176 Å². The number of carbonyl (C=O) groups is 1. The molecule has 2 aliphatic rings. The highest BCUT2D eigenvalue weighted by Crippen LogP contribution is 2.44. The Morgan fingerprint density at radius 2 is 1.60 bits per heavy atom. The molecule has 1 fully saturated rings. The molecule has 0 bridgehead atoms. The number of hydrogen-bond donors (Lipinski definition) is 0. The van der Waals surface area contributed by atoms with Crippen molar-refractivity contribution in [3.05, 3.63) is 83.7 Å². The summed E-state index contributed by atoms with van der Waals surface area (Å²) in [5, 5.41) is 0. The molecule has 2 aromatic carbocycles. The summed E-state index contributed by atoms with van der Waals surface area (Å²) in [6.07, 6.45) is 3.49. The van der Waals surface area contributed by atoms with E-state index in [2.05, 4.69) is 4.98 Å². The molecule has 0 spiro atoms. The fourth-order valence-corrected chi connectivity index (χ4v) is 4.27. The third-order valence-electron chi connectivity index (χ3n) is 5.87. The molecule has 3 aromatic rings. The van der Waals surface area contributed by atoms with E-state index in [-0.39, 0.29) is 17.9 Å². The fraction of sp³-hybridized carbons (Fsp3) is 0.280. The second kappa shape index (κ2) is 7.82. The van der Waals surface area contributed by atoms with Crippen LogP contribution in [0, 0.1) is 6.92 Å². The van der Waals surface area contributed by atoms with Crippen molar-refractivity contribution in [2.45, 2.75) is 31.8 Å². The van der Waals surface area contributed by atoms with E-state index in [0.717, 1.165) is 46.9 Å². The van der Waals surface area contributed by atoms with Crippen molar-refractivity contribution in [1.29, 1.82) is 0 Å². The Balaban J connectivity index is 1.32. The van der Waals surface area contributed by atoms with Gasteiger partial charge in [0.05, 0.1) is 12.1 Å². The molecule has 1 amide bonds. The van der Waals surface area contributed by atoms with Crippen LogP contribution < -0.4 is 9.47 Å². The van der Waals surface area contributed by atoms with Crippen LogP contribution in [0.15, 0.2) is 66.9 Å². The summed E-state index contributed by atoms with van der Waals surface area (Å²) in [4.78, 5) is 19.9. The van der Waals surface area contributed by atoms with Gasteiger partial charge in [0, 0.05) is 42.8 Å². The van der Waals surface area contributed by atoms with Gasteiger partial charge in [0.1, 0.15) is 23.4 Å². The van der Waals surface area contributed by atoms with Crippen molar-refractivity contribution >= 4 is 5.91 Å². The summed E-state index contributed by atoms with van der Waals surface area (Å²) in [7, 11) is 0. The third kappa shape index (κ3) is 3.52. The Kier molecular flexibility index (Phi) is 4.87. The number of carbonyl (C=O) groups excluding carboxylic acids is 1. The van der Waals surface area contributed by atoms with Gasteiger partial charge in [-0.05, 0) is 31.2 Å². The van der Waals surface area contributed by atoms with Gasteiger partial charge in [0.15, 0.2) is 0 Å². The average Bonchev–Trinajstić information content (AvgIpc) is 2.79. The number of piperidine rings is 1. The summed E-state index contributed by atoms with van der Waals surface area (Å²) in [6.45, 7) is 3.33. The second-order valence-corrected chi connectivity index (χ2v) is 7.89. The number of ether oxygens (including phenoxy) is 2. The van der Waals surface area contributed by atoms with E-state index < -0.39 is 0 Å². The number of nitrogens with zero attached hydrogens (tertiary/aromatic N) is 2. The van der Waals surface area contributed by atoms with Gasteiger partial charge in [-0.25, -0.2) is 0 Å². The topological polar surface area (TPSA) is 51.7 Å². The van der Waals surface area contributed by atoms with Gasteiger partial charge in [-0.1, -0.05) is 36.4 Å². The average molecular weight is 400 g/mol. The van der Waals surface area contributed by atoms with Crippen molar-refractivity contribution in [3.63, 3.8) is 0 Å². The molecule has 5 rings (SSSR count). The highest BCUT2D eigenvalue weighted by Gasteiger charge is 2.36. The van der Waals surface area contributed by atoms with Crippen LogP contribution in [0.1, 0.15) is 35.6 Å². The van der Waals surface area contributed by atoms with E-state index in [1.807, 2.05) is 72.5 Å². The summed E-state index contributed by atoms with van der Waals surface area (Å²) < 4.78 is 12.1. The number of amides is 1. The molecule has 2 aliphatic heterocycles. The van der Waals surface area contributed by atoms with Gasteiger partial charge in [0.2, 0.25) is 5.91 Å². The number of aryl methyl sites for hydroxylation is 1. The van der Waals surface area contributed by atoms with Crippen molar-refractivity contribution in [2.24, 2.45) is 0 Å². The zero-order chi connectivity index (χ0) is 20.5. The van der Waals surface area contributed by atoms with Crippen molar-refractivity contribution < 1.29 is 14.3 Å². The summed E-state index contributed by atoms with van der Waals surface area (Å²) in [5.74, 6) is 2.12. The summed E-state index contributed by atoms with van der Waals surface area (Å²) >= 11 is 0. The lowest BCUT2D eigenvalue weighted by Crippen LogP contribution is -2.44. The van der Waals surface area contributed by atoms with E-state index in [1.54, 1.807) is 6.20 Å². The van der Waals surface area contributed by atoms with Gasteiger partial charge in [-0.15, -0.1) is 0 Å². The second-order valence-electron chi connectivity index (χ2n) is 7.89. The lowest BCUT2D eigenvalue weighted by Gasteiger charge is -2.36. The van der Waals surface area contributed by atoms with Gasteiger partial charge in [0.25, 0.3) is 0 Å². The van der Waals surface area contributed by atoms with Crippen LogP contribution in [-0.2, 0) is 4.79 Å². The van der Waals surface area contributed by atoms with Gasteiger partial charge in [-0.2, -0.15) is 0 Å². The Morgan fingerprint density at radius 1 is 0.967 bits per heavy atom. The quantitative estimate of drug-likeness (QED) is 0.640. The number of hydrogen-bond acceptors (Lipinski definition) is 4. The maximum Gasteiger partial charge on any atom is 0.234 e. The third-order valence-corrected chi connectivity index (χ3v) is 5.87. The summed E-state index contributed by atoms with van der Waals surface area (Å²) in [5.41, 5.74) is 2.84. The first kappa shape index (κ1) is 18.7. The number of fused-ring (bicyclic) bond motifs is 2. The highest BCUT2D eigenvalue weighted by molar-refractivity contribution is 5.89. The van der Waals surface area contributed by atoms with Crippen LogP contribution in [0.3, 0.4) is 0 Å². The van der Waals surface area contributed by atoms with Gasteiger partial charge >= 0.3 is 0 Å². The number of rotatable bonds is 3. The normalized spacial score (nSPS) is 16.4. The number of pyridine rings is 1. The highest BCUT2D eigenvalue weighted by atomic mass is 16.5. The zero-order valence-electron chi connectivity index (χ0n) is 17.0. The maximum atomic E-state index is 13.6. The molecular formula is C25H24N2O3. The molecule has 0 saturated carbocycles. The van der Waals surface area contributed by atoms with E-state index in [9.17, 15) is 4.79 Å². The minimum atomic E-state index is -0.329. The molecular weight excluding hydrogens is 376 g/mol. The van der Waals surface area contributed by atoms with E-state index >= 15 is 0 Å². The van der Waals surface area contributed by atoms with Gasteiger partial charge < -0.3 is 14.4 Å². The van der Waals surface area contributed by atoms with Gasteiger partial charge in [-0.3, -0.25) is 9.78 Å². The number of para-hydroxylation sites is 2. The van der Waals surface area contributed by atoms with Crippen LogP contribution in [-0.4, -0.2) is 35.0 Å². The lowest BCUT2D eigenvalue weighted by molar-refractivity contribution is -0.133. The molecule has 1 aromatic heterocycles. The SMILES string of the molecule is Cc1ccc(OC2CCN(C(=O)C3c4ccccc4Oc4ccccc43)CC2)cn1. The molecule has 0 aliphatic carbocycles. The van der Waals surface area contributed by atoms with Crippen LogP contribution in [0.4, 0.5) is 0 Å². The predicted molar refractivity (Wildman–Crippen MR) is 114 cm³/mol. The van der Waals surface area contributed by atoms with Crippen molar-refractivity contribution in [1.82, 2.24) is 9.88 Å². The molecule has 152 valence electrons. The van der Waals surface area contributed by atoms with Crippen LogP contribution in [0.2, 0.25) is 0 Å². The molecule has 0 N–H and O–H groups in total. The zero-order valence-corrected chi connectivity index (χ0v) is 17.0. The van der Waals surface area contributed by atoms with E-state index in [0.29, 0.717) is 13.1 Å². The molecule has 0 atom stereocenters. The molecule has 1 saturated heterocycles. The fourth-order valence-electron chi connectivity index (χ4n) is 4.27. The molecule has 0 unspecified atom stereocenters. The Bertz CT molecular complexity index is 1010. The monoisotopic (exact) mass is 400 g/mol. The predicted octanol–water partition coefficient (Wildman–Crippen LogP) is 4.70.